The average molecular weight is 209 g/mol. The molecule has 0 spiro atoms. The lowest BCUT2D eigenvalue weighted by molar-refractivity contribution is 0.478. The lowest BCUT2D eigenvalue weighted by Gasteiger charge is -1.99. The van der Waals surface area contributed by atoms with Crippen LogP contribution in [0.25, 0.3) is 0 Å². The van der Waals surface area contributed by atoms with Crippen molar-refractivity contribution in [3.8, 4) is 5.88 Å². The summed E-state index contributed by atoms with van der Waals surface area (Å²) in [7, 11) is -4.02. The highest BCUT2D eigenvalue weighted by molar-refractivity contribution is 7.84. The number of hydrogen-bond acceptors (Lipinski definition) is 4. The van der Waals surface area contributed by atoms with E-state index < -0.39 is 10.3 Å². The number of nitrogens with zero attached hydrogens (tertiary/aromatic N) is 1. The fourth-order valence-electron chi connectivity index (χ4n) is 0.555. The van der Waals surface area contributed by atoms with E-state index in [1.165, 1.54) is 18.2 Å². The SMILES string of the molecule is NS(=O)(=O)Oc1cccc(Cl)n1. The lowest BCUT2D eigenvalue weighted by atomic mass is 10.5. The highest BCUT2D eigenvalue weighted by Crippen LogP contribution is 2.11. The van der Waals surface area contributed by atoms with Crippen LogP contribution in [-0.2, 0) is 10.3 Å². The number of rotatable bonds is 2. The Kier molecular flexibility index (Phi) is 2.51. The minimum absolute atomic E-state index is 0.135. The minimum Gasteiger partial charge on any atom is -0.350 e. The van der Waals surface area contributed by atoms with Gasteiger partial charge < -0.3 is 4.18 Å². The van der Waals surface area contributed by atoms with Crippen LogP contribution < -0.4 is 9.32 Å². The molecule has 0 aliphatic carbocycles. The van der Waals surface area contributed by atoms with Crippen molar-refractivity contribution in [1.82, 2.24) is 4.98 Å². The number of nitrogens with two attached hydrogens (primary N) is 1. The van der Waals surface area contributed by atoms with Crippen molar-refractivity contribution in [1.29, 1.82) is 0 Å². The van der Waals surface area contributed by atoms with E-state index >= 15 is 0 Å². The van der Waals surface area contributed by atoms with Crippen LogP contribution in [0.15, 0.2) is 18.2 Å². The molecule has 1 aromatic heterocycles. The fraction of sp³-hybridized carbons (Fsp3) is 0. The van der Waals surface area contributed by atoms with E-state index in [-0.39, 0.29) is 11.0 Å². The van der Waals surface area contributed by atoms with E-state index in [1.54, 1.807) is 0 Å². The molecule has 7 heteroatoms. The Morgan fingerprint density at radius 2 is 2.17 bits per heavy atom. The molecule has 12 heavy (non-hydrogen) atoms. The minimum atomic E-state index is -4.02. The van der Waals surface area contributed by atoms with Gasteiger partial charge in [-0.3, -0.25) is 0 Å². The van der Waals surface area contributed by atoms with Crippen LogP contribution in [0.5, 0.6) is 5.88 Å². The van der Waals surface area contributed by atoms with Crippen molar-refractivity contribution in [3.63, 3.8) is 0 Å². The maximum atomic E-state index is 10.4. The van der Waals surface area contributed by atoms with Crippen LogP contribution in [0.3, 0.4) is 0 Å². The summed E-state index contributed by atoms with van der Waals surface area (Å²) in [6.07, 6.45) is 0. The van der Waals surface area contributed by atoms with E-state index in [2.05, 4.69) is 14.3 Å². The smallest absolute Gasteiger partial charge is 0.350 e. The largest absolute Gasteiger partial charge is 0.381 e. The van der Waals surface area contributed by atoms with Crippen LogP contribution in [0.2, 0.25) is 5.15 Å². The van der Waals surface area contributed by atoms with Crippen LogP contribution in [0.4, 0.5) is 0 Å². The Hall–Kier alpha value is -0.850. The number of halogens is 1. The molecular weight excluding hydrogens is 204 g/mol. The highest BCUT2D eigenvalue weighted by atomic mass is 35.5. The predicted molar refractivity (Wildman–Crippen MR) is 43.0 cm³/mol. The van der Waals surface area contributed by atoms with Gasteiger partial charge in [-0.2, -0.15) is 13.6 Å². The third-order valence-corrected chi connectivity index (χ3v) is 1.50. The second-order valence-corrected chi connectivity index (χ2v) is 3.41. The zero-order chi connectivity index (χ0) is 9.19. The first kappa shape index (κ1) is 9.24. The zero-order valence-electron chi connectivity index (χ0n) is 5.77. The van der Waals surface area contributed by atoms with E-state index in [9.17, 15) is 8.42 Å². The summed E-state index contributed by atoms with van der Waals surface area (Å²) < 4.78 is 25.0. The topological polar surface area (TPSA) is 82.3 Å². The standard InChI is InChI=1S/C5H5ClN2O3S/c6-4-2-1-3-5(8-4)11-12(7,9)10/h1-3H,(H2,7,9,10). The summed E-state index contributed by atoms with van der Waals surface area (Å²) in [5.41, 5.74) is 0. The Labute approximate surface area is 74.4 Å². The molecule has 0 aromatic carbocycles. The molecule has 0 atom stereocenters. The van der Waals surface area contributed by atoms with E-state index in [0.29, 0.717) is 0 Å². The summed E-state index contributed by atoms with van der Waals surface area (Å²) in [6, 6.07) is 4.31. The van der Waals surface area contributed by atoms with Gasteiger partial charge >= 0.3 is 10.3 Å². The van der Waals surface area contributed by atoms with Gasteiger partial charge in [0.25, 0.3) is 0 Å². The molecule has 5 nitrogen and oxygen atoms in total. The van der Waals surface area contributed by atoms with Crippen LogP contribution >= 0.6 is 11.6 Å². The molecular formula is C5H5ClN2O3S. The molecule has 0 aliphatic rings. The van der Waals surface area contributed by atoms with Gasteiger partial charge in [0.05, 0.1) is 0 Å². The first-order valence-electron chi connectivity index (χ1n) is 2.82. The summed E-state index contributed by atoms with van der Waals surface area (Å²) in [4.78, 5) is 3.54. The zero-order valence-corrected chi connectivity index (χ0v) is 7.34. The molecule has 2 N–H and O–H groups in total. The first-order chi connectivity index (χ1) is 5.47. The van der Waals surface area contributed by atoms with Crippen molar-refractivity contribution in [2.45, 2.75) is 0 Å². The molecule has 1 aromatic rings. The van der Waals surface area contributed by atoms with Gasteiger partial charge in [0.2, 0.25) is 5.88 Å². The lowest BCUT2D eigenvalue weighted by Crippen LogP contribution is -2.19. The van der Waals surface area contributed by atoms with Gasteiger partial charge in [0.1, 0.15) is 5.15 Å². The molecule has 0 aliphatic heterocycles. The maximum Gasteiger partial charge on any atom is 0.381 e. The molecule has 66 valence electrons. The summed E-state index contributed by atoms with van der Waals surface area (Å²) in [5, 5.41) is 4.72. The van der Waals surface area contributed by atoms with Crippen LogP contribution in [0, 0.1) is 0 Å². The normalized spacial score (nSPS) is 11.2. The molecule has 0 saturated heterocycles. The van der Waals surface area contributed by atoms with Crippen molar-refractivity contribution in [2.75, 3.05) is 0 Å². The predicted octanol–water partition coefficient (Wildman–Crippen LogP) is 0.317. The van der Waals surface area contributed by atoms with Gasteiger partial charge in [-0.15, -0.1) is 0 Å². The molecule has 0 saturated carbocycles. The molecule has 0 amide bonds. The quantitative estimate of drug-likeness (QED) is 0.710. The highest BCUT2D eigenvalue weighted by Gasteiger charge is 2.05. The monoisotopic (exact) mass is 208 g/mol. The molecule has 0 radical (unpaired) electrons. The third-order valence-electron chi connectivity index (χ3n) is 0.891. The molecule has 0 fully saturated rings. The second-order valence-electron chi connectivity index (χ2n) is 1.87. The van der Waals surface area contributed by atoms with Crippen LogP contribution in [0.1, 0.15) is 0 Å². The summed E-state index contributed by atoms with van der Waals surface area (Å²) in [6.45, 7) is 0. The molecule has 0 bridgehead atoms. The summed E-state index contributed by atoms with van der Waals surface area (Å²) >= 11 is 5.45. The number of pyridine rings is 1. The van der Waals surface area contributed by atoms with Gasteiger partial charge in [0, 0.05) is 6.07 Å². The third kappa shape index (κ3) is 3.04. The van der Waals surface area contributed by atoms with Crippen LogP contribution in [-0.4, -0.2) is 13.4 Å². The average Bonchev–Trinajstić information content (AvgIpc) is 1.82. The molecule has 1 heterocycles. The second kappa shape index (κ2) is 3.26. The molecule has 1 rings (SSSR count). The Morgan fingerprint density at radius 1 is 1.50 bits per heavy atom. The Balaban J connectivity index is 2.91. The summed E-state index contributed by atoms with van der Waals surface area (Å²) in [5.74, 6) is -0.148. The Morgan fingerprint density at radius 3 is 2.67 bits per heavy atom. The van der Waals surface area contributed by atoms with Crippen molar-refractivity contribution in [2.24, 2.45) is 5.14 Å². The van der Waals surface area contributed by atoms with Gasteiger partial charge in [-0.1, -0.05) is 17.7 Å². The van der Waals surface area contributed by atoms with Crippen molar-refractivity contribution < 1.29 is 12.6 Å². The Bertz CT molecular complexity index is 378. The number of hydrogen-bond donors (Lipinski definition) is 1. The first-order valence-corrected chi connectivity index (χ1v) is 4.67. The van der Waals surface area contributed by atoms with Gasteiger partial charge in [-0.05, 0) is 6.07 Å². The van der Waals surface area contributed by atoms with Crippen molar-refractivity contribution >= 4 is 21.9 Å². The van der Waals surface area contributed by atoms with E-state index in [1.807, 2.05) is 0 Å². The van der Waals surface area contributed by atoms with Gasteiger partial charge in [-0.25, -0.2) is 4.98 Å². The maximum absolute atomic E-state index is 10.4. The van der Waals surface area contributed by atoms with E-state index in [0.717, 1.165) is 0 Å². The van der Waals surface area contributed by atoms with E-state index in [4.69, 9.17) is 11.6 Å². The number of aromatic nitrogens is 1. The van der Waals surface area contributed by atoms with Gasteiger partial charge in [0.15, 0.2) is 0 Å². The molecule has 0 unspecified atom stereocenters. The fourth-order valence-corrected chi connectivity index (χ4v) is 1.04. The van der Waals surface area contributed by atoms with Crippen molar-refractivity contribution in [3.05, 3.63) is 23.4 Å².